The van der Waals surface area contributed by atoms with E-state index in [0.29, 0.717) is 27.9 Å². The third-order valence-electron chi connectivity index (χ3n) is 5.42. The van der Waals surface area contributed by atoms with Gasteiger partial charge in [0, 0.05) is 47.1 Å². The zero-order chi connectivity index (χ0) is 23.7. The summed E-state index contributed by atoms with van der Waals surface area (Å²) in [7, 11) is 1.71. The molecule has 1 N–H and O–H groups in total. The van der Waals surface area contributed by atoms with Gasteiger partial charge >= 0.3 is 0 Å². The van der Waals surface area contributed by atoms with Crippen molar-refractivity contribution in [3.05, 3.63) is 108 Å². The van der Waals surface area contributed by atoms with E-state index in [9.17, 15) is 9.18 Å². The molecule has 2 heterocycles. The summed E-state index contributed by atoms with van der Waals surface area (Å²) in [5.74, 6) is -0.0904. The van der Waals surface area contributed by atoms with E-state index < -0.39 is 0 Å². The lowest BCUT2D eigenvalue weighted by Gasteiger charge is -2.18. The molecule has 168 valence electrons. The minimum absolute atomic E-state index is 0.230. The highest BCUT2D eigenvalue weighted by Crippen LogP contribution is 2.28. The van der Waals surface area contributed by atoms with E-state index in [-0.39, 0.29) is 11.7 Å². The summed E-state index contributed by atoms with van der Waals surface area (Å²) in [5, 5.41) is 3.82. The Morgan fingerprint density at radius 3 is 2.29 bits per heavy atom. The molecule has 0 fully saturated rings. The van der Waals surface area contributed by atoms with Gasteiger partial charge in [-0.1, -0.05) is 23.7 Å². The van der Waals surface area contributed by atoms with Crippen LogP contribution in [0, 0.1) is 5.82 Å². The molecule has 1 amide bonds. The zero-order valence-corrected chi connectivity index (χ0v) is 18.9. The Morgan fingerprint density at radius 2 is 1.62 bits per heavy atom. The number of aromatic nitrogens is 3. The van der Waals surface area contributed by atoms with Crippen LogP contribution in [0.1, 0.15) is 10.5 Å². The van der Waals surface area contributed by atoms with Gasteiger partial charge in [-0.2, -0.15) is 0 Å². The summed E-state index contributed by atoms with van der Waals surface area (Å²) >= 11 is 6.00. The van der Waals surface area contributed by atoms with Crippen molar-refractivity contribution in [2.75, 3.05) is 17.3 Å². The van der Waals surface area contributed by atoms with E-state index in [0.717, 1.165) is 16.9 Å². The lowest BCUT2D eigenvalue weighted by atomic mass is 10.1. The second-order valence-corrected chi connectivity index (χ2v) is 8.08. The molecule has 0 atom stereocenters. The van der Waals surface area contributed by atoms with Crippen LogP contribution in [0.4, 0.5) is 21.5 Å². The van der Waals surface area contributed by atoms with E-state index in [2.05, 4.69) is 15.3 Å². The van der Waals surface area contributed by atoms with Gasteiger partial charge in [-0.05, 0) is 66.7 Å². The summed E-state index contributed by atoms with van der Waals surface area (Å²) in [6, 6.07) is 22.5. The molecule has 5 rings (SSSR count). The molecular weight excluding hydrogens is 453 g/mol. The molecule has 5 aromatic rings. The van der Waals surface area contributed by atoms with Crippen LogP contribution in [-0.4, -0.2) is 27.3 Å². The van der Waals surface area contributed by atoms with Gasteiger partial charge in [-0.15, -0.1) is 0 Å². The van der Waals surface area contributed by atoms with Crippen LogP contribution in [0.3, 0.4) is 0 Å². The number of anilines is 3. The number of amides is 1. The summed E-state index contributed by atoms with van der Waals surface area (Å²) in [6.45, 7) is 0. The van der Waals surface area contributed by atoms with Crippen LogP contribution in [-0.2, 0) is 0 Å². The van der Waals surface area contributed by atoms with Gasteiger partial charge in [0.05, 0.1) is 0 Å². The van der Waals surface area contributed by atoms with Crippen molar-refractivity contribution in [2.24, 2.45) is 0 Å². The lowest BCUT2D eigenvalue weighted by molar-refractivity contribution is 0.0988. The van der Waals surface area contributed by atoms with E-state index in [1.54, 1.807) is 71.2 Å². The Kier molecular flexibility index (Phi) is 5.69. The normalized spacial score (nSPS) is 10.9. The molecular formula is C26H19ClFN5O. The van der Waals surface area contributed by atoms with E-state index in [4.69, 9.17) is 11.6 Å². The molecule has 6 nitrogen and oxygen atoms in total. The number of nitrogens with one attached hydrogen (secondary N) is 1. The number of hydrogen-bond donors (Lipinski definition) is 1. The number of nitrogens with zero attached hydrogens (tertiary/aromatic N) is 4. The minimum Gasteiger partial charge on any atom is -0.356 e. The van der Waals surface area contributed by atoms with Crippen molar-refractivity contribution in [3.63, 3.8) is 0 Å². The topological polar surface area (TPSA) is 62.5 Å². The summed E-state index contributed by atoms with van der Waals surface area (Å²) in [4.78, 5) is 24.1. The van der Waals surface area contributed by atoms with Crippen molar-refractivity contribution < 1.29 is 9.18 Å². The highest BCUT2D eigenvalue weighted by molar-refractivity contribution is 6.30. The smallest absolute Gasteiger partial charge is 0.277 e. The maximum absolute atomic E-state index is 13.6. The highest BCUT2D eigenvalue weighted by atomic mass is 35.5. The average molecular weight is 472 g/mol. The molecule has 34 heavy (non-hydrogen) atoms. The first-order valence-corrected chi connectivity index (χ1v) is 10.9. The molecule has 0 saturated carbocycles. The second-order valence-electron chi connectivity index (χ2n) is 7.65. The number of hydrogen-bond acceptors (Lipinski definition) is 4. The Balaban J connectivity index is 1.51. The molecule has 3 aromatic carbocycles. The third-order valence-corrected chi connectivity index (χ3v) is 5.67. The fourth-order valence-corrected chi connectivity index (χ4v) is 3.77. The van der Waals surface area contributed by atoms with Crippen molar-refractivity contribution in [1.29, 1.82) is 0 Å². The Labute approximate surface area is 200 Å². The van der Waals surface area contributed by atoms with Crippen LogP contribution in [0.25, 0.3) is 17.0 Å². The fraction of sp³-hybridized carbons (Fsp3) is 0.0385. The first kappa shape index (κ1) is 21.6. The predicted molar refractivity (Wildman–Crippen MR) is 132 cm³/mol. The van der Waals surface area contributed by atoms with Crippen LogP contribution in [0.5, 0.6) is 0 Å². The van der Waals surface area contributed by atoms with Gasteiger partial charge < -0.3 is 10.2 Å². The number of benzene rings is 3. The lowest BCUT2D eigenvalue weighted by Crippen LogP contribution is -2.28. The Hall–Kier alpha value is -4.23. The largest absolute Gasteiger partial charge is 0.356 e. The summed E-state index contributed by atoms with van der Waals surface area (Å²) < 4.78 is 14.9. The molecule has 0 saturated heterocycles. The Morgan fingerprint density at radius 1 is 0.971 bits per heavy atom. The number of carbonyl (C=O) groups excluding carboxylic acids is 1. The van der Waals surface area contributed by atoms with Crippen molar-refractivity contribution in [1.82, 2.24) is 14.4 Å². The number of rotatable bonds is 5. The van der Waals surface area contributed by atoms with Gasteiger partial charge in [0.15, 0.2) is 0 Å². The summed E-state index contributed by atoms with van der Waals surface area (Å²) in [6.07, 6.45) is 3.41. The van der Waals surface area contributed by atoms with E-state index in [1.807, 2.05) is 24.3 Å². The molecule has 0 aliphatic rings. The van der Waals surface area contributed by atoms with Crippen molar-refractivity contribution in [3.8, 4) is 11.3 Å². The van der Waals surface area contributed by atoms with Crippen molar-refractivity contribution in [2.45, 2.75) is 0 Å². The van der Waals surface area contributed by atoms with E-state index >= 15 is 0 Å². The van der Waals surface area contributed by atoms with Crippen LogP contribution < -0.4 is 10.2 Å². The van der Waals surface area contributed by atoms with E-state index in [1.165, 1.54) is 12.1 Å². The van der Waals surface area contributed by atoms with Crippen molar-refractivity contribution >= 4 is 40.3 Å². The van der Waals surface area contributed by atoms with Gasteiger partial charge in [0.25, 0.3) is 5.91 Å². The quantitative estimate of drug-likeness (QED) is 0.331. The fourth-order valence-electron chi connectivity index (χ4n) is 3.65. The number of fused-ring (bicyclic) bond motifs is 1. The standard InChI is InChI=1S/C26H19ClFN5O/c1-32(22-13-5-18(27)6-14-22)25(34)24-23(31-26-29-15-2-16-33(24)26)17-3-9-20(10-4-17)30-21-11-7-19(28)8-12-21/h2-16,30H,1H3. The van der Waals surface area contributed by atoms with Gasteiger partial charge in [-0.25, -0.2) is 14.4 Å². The molecule has 0 aliphatic carbocycles. The summed E-state index contributed by atoms with van der Waals surface area (Å²) in [5.41, 5.74) is 3.99. The average Bonchev–Trinajstić information content (AvgIpc) is 3.25. The van der Waals surface area contributed by atoms with Crippen LogP contribution in [0.15, 0.2) is 91.3 Å². The number of carbonyl (C=O) groups is 1. The molecule has 0 radical (unpaired) electrons. The first-order valence-electron chi connectivity index (χ1n) is 10.5. The third kappa shape index (κ3) is 4.21. The predicted octanol–water partition coefficient (Wildman–Crippen LogP) is 6.21. The number of halogens is 2. The molecule has 0 unspecified atom stereocenters. The highest BCUT2D eigenvalue weighted by Gasteiger charge is 2.24. The maximum atomic E-state index is 13.6. The van der Waals surface area contributed by atoms with Gasteiger partial charge in [0.1, 0.15) is 17.2 Å². The molecule has 2 aromatic heterocycles. The van der Waals surface area contributed by atoms with Crippen LogP contribution in [0.2, 0.25) is 5.02 Å². The van der Waals surface area contributed by atoms with Crippen LogP contribution >= 0.6 is 11.6 Å². The zero-order valence-electron chi connectivity index (χ0n) is 18.1. The van der Waals surface area contributed by atoms with Gasteiger partial charge in [0.2, 0.25) is 5.78 Å². The molecule has 0 bridgehead atoms. The maximum Gasteiger partial charge on any atom is 0.277 e. The minimum atomic E-state index is -0.290. The number of imidazole rings is 1. The first-order chi connectivity index (χ1) is 16.5. The monoisotopic (exact) mass is 471 g/mol. The second kappa shape index (κ2) is 8.96. The molecule has 8 heteroatoms. The Bertz CT molecular complexity index is 1460. The van der Waals surface area contributed by atoms with Gasteiger partial charge in [-0.3, -0.25) is 9.20 Å². The molecule has 0 aliphatic heterocycles. The SMILES string of the molecule is CN(C(=O)c1c(-c2ccc(Nc3ccc(F)cc3)cc2)nc2ncccn12)c1ccc(Cl)cc1. The molecule has 0 spiro atoms.